The van der Waals surface area contributed by atoms with Crippen molar-refractivity contribution in [1.29, 1.82) is 0 Å². The van der Waals surface area contributed by atoms with E-state index >= 15 is 0 Å². The molecule has 0 amide bonds. The minimum Gasteiger partial charge on any atom is -0.507 e. The molecule has 0 radical (unpaired) electrons. The zero-order chi connectivity index (χ0) is 56.0. The van der Waals surface area contributed by atoms with Crippen molar-refractivity contribution < 1.29 is 80.2 Å². The number of benzene rings is 4. The van der Waals surface area contributed by atoms with Crippen LogP contribution in [0.2, 0.25) is 0 Å². The lowest BCUT2D eigenvalue weighted by Gasteiger charge is -2.33. The number of phenols is 8. The molecule has 76 heavy (non-hydrogen) atoms. The Morgan fingerprint density at radius 2 is 0.461 bits per heavy atom. The highest BCUT2D eigenvalue weighted by Crippen LogP contribution is 2.56. The van der Waals surface area contributed by atoms with Gasteiger partial charge in [-0.2, -0.15) is 0 Å². The van der Waals surface area contributed by atoms with Crippen molar-refractivity contribution >= 4 is 0 Å². The minimum atomic E-state index is -0.868. The predicted octanol–water partition coefficient (Wildman–Crippen LogP) is 9.95. The number of hydrogen-bond acceptors (Lipinski definition) is 16. The molecule has 0 aliphatic heterocycles. The maximum absolute atomic E-state index is 12.7. The molecule has 1 aliphatic rings. The average Bonchev–Trinajstić information content (AvgIpc) is 3.35. The van der Waals surface area contributed by atoms with Crippen LogP contribution in [0.15, 0.2) is 24.3 Å². The molecule has 0 fully saturated rings. The van der Waals surface area contributed by atoms with Crippen LogP contribution < -0.4 is 0 Å². The summed E-state index contributed by atoms with van der Waals surface area (Å²) in [5, 5.41) is 140. The monoisotopic (exact) mass is 1060 g/mol. The van der Waals surface area contributed by atoms with Gasteiger partial charge in [0, 0.05) is 121 Å². The second-order valence-corrected chi connectivity index (χ2v) is 22.2. The third-order valence-electron chi connectivity index (χ3n) is 14.3. The van der Waals surface area contributed by atoms with Crippen LogP contribution in [-0.4, -0.2) is 114 Å². The SMILES string of the molecule is CC(C)CC1c2cc(c(O)c(COCCCO)c2O)C(CC(C)C)c2cc(c(O)c(COCCCO)c2O)C(CC(C)C)c2cc(c(O)c(COCCCO)c2O)C(CC(C)C)c2cc1c(O)c(COCCCO)c2O. The van der Waals surface area contributed by atoms with Gasteiger partial charge in [0.25, 0.3) is 0 Å². The van der Waals surface area contributed by atoms with Gasteiger partial charge < -0.3 is 80.2 Å². The summed E-state index contributed by atoms with van der Waals surface area (Å²) in [4.78, 5) is 0. The summed E-state index contributed by atoms with van der Waals surface area (Å²) in [6, 6.07) is 6.78. The van der Waals surface area contributed by atoms with Gasteiger partial charge in [0.05, 0.1) is 48.7 Å². The molecule has 5 rings (SSSR count). The van der Waals surface area contributed by atoms with Gasteiger partial charge in [-0.25, -0.2) is 0 Å². The van der Waals surface area contributed by atoms with Crippen LogP contribution in [0.3, 0.4) is 0 Å². The van der Waals surface area contributed by atoms with Gasteiger partial charge >= 0.3 is 0 Å². The zero-order valence-electron chi connectivity index (χ0n) is 46.1. The lowest BCUT2D eigenvalue weighted by molar-refractivity contribution is 0.101. The summed E-state index contributed by atoms with van der Waals surface area (Å²) >= 11 is 0. The molecule has 0 aromatic heterocycles. The molecule has 0 heterocycles. The fourth-order valence-electron chi connectivity index (χ4n) is 10.7. The maximum Gasteiger partial charge on any atom is 0.128 e. The van der Waals surface area contributed by atoms with Crippen molar-refractivity contribution in [1.82, 2.24) is 0 Å². The molecule has 0 saturated heterocycles. The van der Waals surface area contributed by atoms with Crippen molar-refractivity contribution in [2.24, 2.45) is 23.7 Å². The van der Waals surface area contributed by atoms with E-state index in [4.69, 9.17) is 18.9 Å². The summed E-state index contributed by atoms with van der Waals surface area (Å²) in [6.45, 7) is 14.5. The molecule has 0 atom stereocenters. The normalized spacial score (nSPS) is 16.7. The van der Waals surface area contributed by atoms with E-state index in [-0.39, 0.29) is 197 Å². The Bertz CT molecular complexity index is 2040. The Hall–Kier alpha value is -5.04. The number of ether oxygens (including phenoxy) is 4. The first kappa shape index (κ1) is 61.8. The van der Waals surface area contributed by atoms with Gasteiger partial charge in [0.2, 0.25) is 0 Å². The summed E-state index contributed by atoms with van der Waals surface area (Å²) in [5.41, 5.74) is 2.47. The first-order valence-corrected chi connectivity index (χ1v) is 27.3. The lowest BCUT2D eigenvalue weighted by atomic mass is 9.73. The number of aliphatic hydroxyl groups excluding tert-OH is 4. The van der Waals surface area contributed by atoms with E-state index in [2.05, 4.69) is 0 Å². The highest BCUT2D eigenvalue weighted by atomic mass is 16.5. The topological polar surface area (TPSA) is 280 Å². The second kappa shape index (κ2) is 29.1. The summed E-state index contributed by atoms with van der Waals surface area (Å²) < 4.78 is 24.1. The largest absolute Gasteiger partial charge is 0.507 e. The summed E-state index contributed by atoms with van der Waals surface area (Å²) in [6.07, 6.45) is 2.34. The molecule has 16 nitrogen and oxygen atoms in total. The van der Waals surface area contributed by atoms with Crippen LogP contribution in [0.25, 0.3) is 0 Å². The minimum absolute atomic E-state index is 0.0279. The Labute approximate surface area is 449 Å². The molecule has 1 aliphatic carbocycles. The molecular weight excluding hydrogens is 977 g/mol. The van der Waals surface area contributed by atoms with Crippen LogP contribution in [0, 0.1) is 23.7 Å². The van der Waals surface area contributed by atoms with Gasteiger partial charge in [0.1, 0.15) is 46.0 Å². The van der Waals surface area contributed by atoms with E-state index in [9.17, 15) is 61.3 Å². The molecule has 4 aromatic carbocycles. The fraction of sp³-hybridized carbons (Fsp3) is 0.600. The first-order valence-electron chi connectivity index (χ1n) is 27.3. The number of aliphatic hydroxyl groups is 4. The van der Waals surface area contributed by atoms with Crippen LogP contribution in [0.5, 0.6) is 46.0 Å². The van der Waals surface area contributed by atoms with Crippen molar-refractivity contribution in [2.45, 2.75) is 157 Å². The maximum atomic E-state index is 12.7. The fourth-order valence-corrected chi connectivity index (χ4v) is 10.7. The van der Waals surface area contributed by atoms with Gasteiger partial charge in [-0.05, 0) is 99.3 Å². The van der Waals surface area contributed by atoms with E-state index in [1.807, 2.05) is 55.4 Å². The van der Waals surface area contributed by atoms with Gasteiger partial charge in [0.15, 0.2) is 0 Å². The van der Waals surface area contributed by atoms with Crippen LogP contribution in [0.4, 0.5) is 0 Å². The third-order valence-corrected chi connectivity index (χ3v) is 14.3. The van der Waals surface area contributed by atoms with Gasteiger partial charge in [-0.3, -0.25) is 0 Å². The molecular formula is C60H88O16. The number of phenolic OH excluding ortho intramolecular Hbond substituents is 8. The van der Waals surface area contributed by atoms with Crippen molar-refractivity contribution in [2.75, 3.05) is 52.9 Å². The number of fused-ring (bicyclic) bond motifs is 8. The molecule has 4 aromatic rings. The van der Waals surface area contributed by atoms with Crippen LogP contribution >= 0.6 is 0 Å². The number of hydrogen-bond donors (Lipinski definition) is 12. The van der Waals surface area contributed by atoms with E-state index in [0.717, 1.165) is 0 Å². The summed E-state index contributed by atoms with van der Waals surface area (Å²) in [7, 11) is 0. The predicted molar refractivity (Wildman–Crippen MR) is 290 cm³/mol. The first-order chi connectivity index (χ1) is 36.2. The second-order valence-electron chi connectivity index (χ2n) is 22.2. The lowest BCUT2D eigenvalue weighted by Crippen LogP contribution is -2.16. The van der Waals surface area contributed by atoms with E-state index < -0.39 is 23.7 Å². The van der Waals surface area contributed by atoms with E-state index in [1.54, 1.807) is 24.3 Å². The van der Waals surface area contributed by atoms with Gasteiger partial charge in [-0.1, -0.05) is 55.4 Å². The highest BCUT2D eigenvalue weighted by Gasteiger charge is 2.38. The molecule has 16 heteroatoms. The Morgan fingerprint density at radius 1 is 0.303 bits per heavy atom. The van der Waals surface area contributed by atoms with Crippen molar-refractivity contribution in [3.8, 4) is 46.0 Å². The van der Waals surface area contributed by atoms with Gasteiger partial charge in [-0.15, -0.1) is 0 Å². The molecule has 0 unspecified atom stereocenters. The summed E-state index contributed by atoms with van der Waals surface area (Å²) in [5.74, 6) is -6.36. The molecule has 0 spiro atoms. The number of aromatic hydroxyl groups is 8. The van der Waals surface area contributed by atoms with Crippen molar-refractivity contribution in [3.05, 3.63) is 91.0 Å². The Balaban J connectivity index is 2.14. The highest BCUT2D eigenvalue weighted by molar-refractivity contribution is 5.67. The van der Waals surface area contributed by atoms with Crippen molar-refractivity contribution in [3.63, 3.8) is 0 Å². The van der Waals surface area contributed by atoms with E-state index in [0.29, 0.717) is 70.2 Å². The zero-order valence-corrected chi connectivity index (χ0v) is 46.1. The Morgan fingerprint density at radius 3 is 0.592 bits per heavy atom. The quantitative estimate of drug-likeness (QED) is 0.0236. The van der Waals surface area contributed by atoms with E-state index in [1.165, 1.54) is 0 Å². The van der Waals surface area contributed by atoms with Crippen LogP contribution in [-0.2, 0) is 45.4 Å². The Kier molecular flexibility index (Phi) is 23.7. The molecule has 8 bridgehead atoms. The molecule has 0 saturated carbocycles. The van der Waals surface area contributed by atoms with Crippen LogP contribution in [0.1, 0.15) is 197 Å². The molecule has 12 N–H and O–H groups in total. The number of rotatable bonds is 28. The standard InChI is InChI=1S/C60H88O16/c1-33(2)21-37-41-25-43(55(67)49(53(41)65)29-73-17-9-13-61)38(22-34(3)4)45-27-47(59(71)51(57(45)69)31-75-19-11-15-63)40(24-36(7)8)48-28-46(58(70)52(60(48)72)32-76-20-12-16-64)39(23-35(5)6)44-26-42(37)54(66)50(56(44)68)30-74-18-10-14-62/h25-28,33-40,61-72H,9-24,29-32H2,1-8H3. The molecule has 424 valence electrons. The third kappa shape index (κ3) is 14.7. The smallest absolute Gasteiger partial charge is 0.128 e. The average molecular weight is 1070 g/mol.